The number of pyridine rings is 1. The van der Waals surface area contributed by atoms with Crippen LogP contribution in [0.15, 0.2) is 34.8 Å². The van der Waals surface area contributed by atoms with Crippen LogP contribution >= 0.6 is 23.4 Å². The molecule has 0 spiro atoms. The summed E-state index contributed by atoms with van der Waals surface area (Å²) in [4.78, 5) is 21.7. The van der Waals surface area contributed by atoms with E-state index < -0.39 is 0 Å². The Morgan fingerprint density at radius 3 is 2.68 bits per heavy atom. The molecule has 19 heavy (non-hydrogen) atoms. The molecule has 0 N–H and O–H groups in total. The van der Waals surface area contributed by atoms with E-state index >= 15 is 0 Å². The molecule has 0 radical (unpaired) electrons. The molecule has 0 fully saturated rings. The van der Waals surface area contributed by atoms with Crippen LogP contribution in [-0.2, 0) is 7.05 Å². The van der Waals surface area contributed by atoms with E-state index in [2.05, 4.69) is 9.97 Å². The van der Waals surface area contributed by atoms with Crippen molar-refractivity contribution in [1.29, 1.82) is 0 Å². The lowest BCUT2D eigenvalue weighted by Gasteiger charge is -2.11. The third kappa shape index (κ3) is 3.08. The third-order valence-corrected chi connectivity index (χ3v) is 3.92. The molecule has 7 heteroatoms. The number of rotatable bonds is 3. The molecule has 2 aromatic heterocycles. The van der Waals surface area contributed by atoms with Gasteiger partial charge in [-0.3, -0.25) is 4.79 Å². The van der Waals surface area contributed by atoms with Crippen molar-refractivity contribution in [2.75, 3.05) is 14.1 Å². The van der Waals surface area contributed by atoms with Gasteiger partial charge < -0.3 is 9.47 Å². The Morgan fingerprint density at radius 1 is 1.42 bits per heavy atom. The van der Waals surface area contributed by atoms with Gasteiger partial charge >= 0.3 is 0 Å². The molecule has 1 amide bonds. The molecule has 0 unspecified atom stereocenters. The normalized spacial score (nSPS) is 10.5. The fourth-order valence-electron chi connectivity index (χ4n) is 1.41. The van der Waals surface area contributed by atoms with E-state index in [1.165, 1.54) is 22.9 Å². The number of carbonyl (C=O) groups excluding carboxylic acids is 1. The third-order valence-electron chi connectivity index (χ3n) is 2.43. The van der Waals surface area contributed by atoms with Crippen molar-refractivity contribution in [3.8, 4) is 0 Å². The zero-order chi connectivity index (χ0) is 14.0. The highest BCUT2D eigenvalue weighted by Gasteiger charge is 2.13. The molecule has 0 aliphatic heterocycles. The predicted molar refractivity (Wildman–Crippen MR) is 74.6 cm³/mol. The molecule has 2 rings (SSSR count). The maximum Gasteiger partial charge on any atom is 0.254 e. The summed E-state index contributed by atoms with van der Waals surface area (Å²) in [6.45, 7) is 0. The van der Waals surface area contributed by atoms with Gasteiger partial charge in [-0.1, -0.05) is 11.6 Å². The van der Waals surface area contributed by atoms with Crippen LogP contribution < -0.4 is 0 Å². The van der Waals surface area contributed by atoms with Crippen LogP contribution in [0.1, 0.15) is 10.4 Å². The number of nitrogens with zero attached hydrogens (tertiary/aromatic N) is 4. The van der Waals surface area contributed by atoms with Crippen molar-refractivity contribution in [2.24, 2.45) is 7.05 Å². The summed E-state index contributed by atoms with van der Waals surface area (Å²) in [5.41, 5.74) is 0.471. The first kappa shape index (κ1) is 13.9. The van der Waals surface area contributed by atoms with Gasteiger partial charge in [0.15, 0.2) is 5.16 Å². The Kier molecular flexibility index (Phi) is 4.11. The van der Waals surface area contributed by atoms with E-state index in [0.29, 0.717) is 15.6 Å². The minimum absolute atomic E-state index is 0.122. The zero-order valence-electron chi connectivity index (χ0n) is 10.8. The van der Waals surface area contributed by atoms with Crippen LogP contribution in [0.3, 0.4) is 0 Å². The van der Waals surface area contributed by atoms with E-state index in [0.717, 1.165) is 5.16 Å². The van der Waals surface area contributed by atoms with Crippen molar-refractivity contribution in [1.82, 2.24) is 19.4 Å². The quantitative estimate of drug-likeness (QED) is 0.872. The molecule has 0 saturated carbocycles. The van der Waals surface area contributed by atoms with E-state index in [-0.39, 0.29) is 5.91 Å². The monoisotopic (exact) mass is 296 g/mol. The van der Waals surface area contributed by atoms with E-state index in [1.807, 2.05) is 17.8 Å². The first-order chi connectivity index (χ1) is 8.99. The molecular weight excluding hydrogens is 284 g/mol. The molecule has 100 valence electrons. The minimum atomic E-state index is -0.122. The highest BCUT2D eigenvalue weighted by Crippen LogP contribution is 2.30. The second-order valence-corrected chi connectivity index (χ2v) is 5.50. The average Bonchev–Trinajstić information content (AvgIpc) is 2.76. The molecule has 0 atom stereocenters. The molecule has 0 bridgehead atoms. The van der Waals surface area contributed by atoms with Crippen LogP contribution in [-0.4, -0.2) is 39.4 Å². The first-order valence-electron chi connectivity index (χ1n) is 5.51. The standard InChI is InChI=1S/C12H13ClN4OS/c1-16(2)11(18)8-6-9(13)10(15-7-8)19-12-14-4-5-17(12)3/h4-7H,1-3H3. The number of amides is 1. The number of halogens is 1. The largest absolute Gasteiger partial charge is 0.345 e. The molecule has 0 aromatic carbocycles. The topological polar surface area (TPSA) is 51.0 Å². The van der Waals surface area contributed by atoms with Crippen molar-refractivity contribution in [3.05, 3.63) is 35.2 Å². The second kappa shape index (κ2) is 5.63. The SMILES string of the molecule is CN(C)C(=O)c1cnc(Sc2nccn2C)c(Cl)c1. The summed E-state index contributed by atoms with van der Waals surface area (Å²) < 4.78 is 1.88. The van der Waals surface area contributed by atoms with Gasteiger partial charge in [-0.2, -0.15) is 0 Å². The summed E-state index contributed by atoms with van der Waals surface area (Å²) in [7, 11) is 5.27. The molecule has 0 aliphatic rings. The summed E-state index contributed by atoms with van der Waals surface area (Å²) in [5.74, 6) is -0.122. The smallest absolute Gasteiger partial charge is 0.254 e. The molecular formula is C12H13ClN4OS. The molecule has 0 aliphatic carbocycles. The Morgan fingerprint density at radius 2 is 2.16 bits per heavy atom. The van der Waals surface area contributed by atoms with Gasteiger partial charge in [0, 0.05) is 39.7 Å². The predicted octanol–water partition coefficient (Wildman–Crippen LogP) is 2.32. The van der Waals surface area contributed by atoms with Gasteiger partial charge in [0.05, 0.1) is 10.6 Å². The average molecular weight is 297 g/mol. The lowest BCUT2D eigenvalue weighted by atomic mass is 10.2. The van der Waals surface area contributed by atoms with Crippen LogP contribution in [0.2, 0.25) is 5.02 Å². The van der Waals surface area contributed by atoms with Gasteiger partial charge in [0.25, 0.3) is 5.91 Å². The van der Waals surface area contributed by atoms with Gasteiger partial charge in [-0.25, -0.2) is 9.97 Å². The van der Waals surface area contributed by atoms with E-state index in [9.17, 15) is 4.79 Å². The van der Waals surface area contributed by atoms with Crippen LogP contribution in [0, 0.1) is 0 Å². The Labute approximate surface area is 120 Å². The van der Waals surface area contributed by atoms with Crippen molar-refractivity contribution < 1.29 is 4.79 Å². The van der Waals surface area contributed by atoms with Crippen molar-refractivity contribution in [2.45, 2.75) is 10.2 Å². The van der Waals surface area contributed by atoms with Gasteiger partial charge in [-0.05, 0) is 17.8 Å². The van der Waals surface area contributed by atoms with Crippen LogP contribution in [0.5, 0.6) is 0 Å². The lowest BCUT2D eigenvalue weighted by Crippen LogP contribution is -2.21. The first-order valence-corrected chi connectivity index (χ1v) is 6.71. The molecule has 0 saturated heterocycles. The van der Waals surface area contributed by atoms with Gasteiger partial charge in [0.2, 0.25) is 0 Å². The molecule has 2 aromatic rings. The molecule has 5 nitrogen and oxygen atoms in total. The number of hydrogen-bond donors (Lipinski definition) is 0. The van der Waals surface area contributed by atoms with Gasteiger partial charge in [0.1, 0.15) is 5.03 Å². The van der Waals surface area contributed by atoms with Crippen LogP contribution in [0.4, 0.5) is 0 Å². The minimum Gasteiger partial charge on any atom is -0.345 e. The van der Waals surface area contributed by atoms with E-state index in [1.54, 1.807) is 26.4 Å². The maximum absolute atomic E-state index is 11.8. The van der Waals surface area contributed by atoms with Crippen molar-refractivity contribution >= 4 is 29.3 Å². The fourth-order valence-corrected chi connectivity index (χ4v) is 2.45. The second-order valence-electron chi connectivity index (χ2n) is 4.13. The van der Waals surface area contributed by atoms with E-state index in [4.69, 9.17) is 11.6 Å². The Bertz CT molecular complexity index is 612. The van der Waals surface area contributed by atoms with Crippen LogP contribution in [0.25, 0.3) is 0 Å². The number of imidazole rings is 1. The summed E-state index contributed by atoms with van der Waals surface area (Å²) in [6, 6.07) is 1.63. The highest BCUT2D eigenvalue weighted by molar-refractivity contribution is 7.99. The molecule has 2 heterocycles. The maximum atomic E-state index is 11.8. The van der Waals surface area contributed by atoms with Crippen molar-refractivity contribution in [3.63, 3.8) is 0 Å². The lowest BCUT2D eigenvalue weighted by molar-refractivity contribution is 0.0827. The number of hydrogen-bond acceptors (Lipinski definition) is 4. The number of aromatic nitrogens is 3. The number of aryl methyl sites for hydroxylation is 1. The summed E-state index contributed by atoms with van der Waals surface area (Å²) >= 11 is 7.52. The zero-order valence-corrected chi connectivity index (χ0v) is 12.4. The summed E-state index contributed by atoms with van der Waals surface area (Å²) in [6.07, 6.45) is 5.08. The summed E-state index contributed by atoms with van der Waals surface area (Å²) in [5, 5.41) is 1.87. The van der Waals surface area contributed by atoms with Gasteiger partial charge in [-0.15, -0.1) is 0 Å². The fraction of sp³-hybridized carbons (Fsp3) is 0.250. The highest BCUT2D eigenvalue weighted by atomic mass is 35.5. The number of carbonyl (C=O) groups is 1. The Hall–Kier alpha value is -1.53. The Balaban J connectivity index is 2.25.